The molecule has 0 spiro atoms. The number of hydrogen-bond acceptors (Lipinski definition) is 2. The molecule has 1 aliphatic carbocycles. The van der Waals surface area contributed by atoms with Crippen molar-refractivity contribution in [3.63, 3.8) is 0 Å². The smallest absolute Gasteiger partial charge is 0.225 e. The maximum absolute atomic E-state index is 12.2. The summed E-state index contributed by atoms with van der Waals surface area (Å²) in [7, 11) is 1.98. The van der Waals surface area contributed by atoms with Crippen LogP contribution in [0.2, 0.25) is 5.02 Å². The first kappa shape index (κ1) is 14.9. The summed E-state index contributed by atoms with van der Waals surface area (Å²) >= 11 is 6.25. The van der Waals surface area contributed by atoms with E-state index in [9.17, 15) is 4.79 Å². The molecule has 114 valence electrons. The summed E-state index contributed by atoms with van der Waals surface area (Å²) in [4.78, 5) is 16.6. The number of likely N-dealkylation sites (tertiary alicyclic amines) is 1. The van der Waals surface area contributed by atoms with Crippen LogP contribution in [-0.4, -0.2) is 41.9 Å². The zero-order valence-electron chi connectivity index (χ0n) is 12.6. The molecule has 3 rings (SSSR count). The Morgan fingerprint density at radius 3 is 2.81 bits per heavy atom. The van der Waals surface area contributed by atoms with Crippen LogP contribution in [0.15, 0.2) is 24.3 Å². The molecule has 4 heteroatoms. The van der Waals surface area contributed by atoms with E-state index in [0.29, 0.717) is 17.9 Å². The molecule has 0 radical (unpaired) electrons. The number of carbonyl (C=O) groups excluding carboxylic acids is 1. The molecule has 2 fully saturated rings. The van der Waals surface area contributed by atoms with E-state index >= 15 is 0 Å². The van der Waals surface area contributed by atoms with Crippen LogP contribution < -0.4 is 0 Å². The van der Waals surface area contributed by atoms with Crippen LogP contribution in [0.5, 0.6) is 0 Å². The van der Waals surface area contributed by atoms with Crippen LogP contribution in [0, 0.1) is 5.92 Å². The second kappa shape index (κ2) is 6.37. The second-order valence-corrected chi connectivity index (χ2v) is 6.75. The fourth-order valence-corrected chi connectivity index (χ4v) is 3.35. The molecule has 1 aromatic rings. The number of piperidine rings is 1. The van der Waals surface area contributed by atoms with Crippen molar-refractivity contribution < 1.29 is 4.79 Å². The van der Waals surface area contributed by atoms with Crippen molar-refractivity contribution in [2.75, 3.05) is 20.1 Å². The van der Waals surface area contributed by atoms with Gasteiger partial charge in [0.2, 0.25) is 5.91 Å². The van der Waals surface area contributed by atoms with Gasteiger partial charge < -0.3 is 4.90 Å². The molecule has 1 amide bonds. The van der Waals surface area contributed by atoms with E-state index in [1.165, 1.54) is 5.56 Å². The molecule has 1 unspecified atom stereocenters. The van der Waals surface area contributed by atoms with E-state index < -0.39 is 0 Å². The summed E-state index contributed by atoms with van der Waals surface area (Å²) < 4.78 is 0. The third kappa shape index (κ3) is 3.58. The van der Waals surface area contributed by atoms with Gasteiger partial charge in [0, 0.05) is 37.1 Å². The molecule has 3 nitrogen and oxygen atoms in total. The fourth-order valence-electron chi connectivity index (χ4n) is 3.16. The van der Waals surface area contributed by atoms with Crippen molar-refractivity contribution in [3.8, 4) is 0 Å². The number of hydrogen-bond donors (Lipinski definition) is 0. The van der Waals surface area contributed by atoms with Crippen LogP contribution in [-0.2, 0) is 11.3 Å². The lowest BCUT2D eigenvalue weighted by Gasteiger charge is -2.38. The van der Waals surface area contributed by atoms with E-state index in [1.54, 1.807) is 0 Å². The molecule has 1 saturated carbocycles. The van der Waals surface area contributed by atoms with Gasteiger partial charge in [0.25, 0.3) is 0 Å². The largest absolute Gasteiger partial charge is 0.341 e. The SMILES string of the molecule is CN(C(=O)C1CC1)C1CCCN(Cc2ccccc2Cl)C1. The maximum atomic E-state index is 12.2. The second-order valence-electron chi connectivity index (χ2n) is 6.35. The van der Waals surface area contributed by atoms with Crippen molar-refractivity contribution in [2.24, 2.45) is 5.92 Å². The monoisotopic (exact) mass is 306 g/mol. The predicted molar refractivity (Wildman–Crippen MR) is 85.2 cm³/mol. The number of nitrogens with zero attached hydrogens (tertiary/aromatic N) is 2. The van der Waals surface area contributed by atoms with E-state index in [0.717, 1.165) is 50.3 Å². The number of likely N-dealkylation sites (N-methyl/N-ethyl adjacent to an activating group) is 1. The summed E-state index contributed by atoms with van der Waals surface area (Å²) in [5.74, 6) is 0.661. The molecule has 2 aliphatic rings. The summed E-state index contributed by atoms with van der Waals surface area (Å²) in [5.41, 5.74) is 1.18. The van der Waals surface area contributed by atoms with Gasteiger partial charge in [-0.05, 0) is 43.9 Å². The molecule has 0 N–H and O–H groups in total. The molecule has 1 aromatic carbocycles. The first-order valence-corrected chi connectivity index (χ1v) is 8.25. The highest BCUT2D eigenvalue weighted by molar-refractivity contribution is 6.31. The van der Waals surface area contributed by atoms with E-state index in [1.807, 2.05) is 30.1 Å². The molecular formula is C17H23ClN2O. The minimum Gasteiger partial charge on any atom is -0.341 e. The quantitative estimate of drug-likeness (QED) is 0.853. The van der Waals surface area contributed by atoms with Crippen LogP contribution >= 0.6 is 11.6 Å². The van der Waals surface area contributed by atoms with Gasteiger partial charge in [-0.2, -0.15) is 0 Å². The Labute approximate surface area is 131 Å². The average molecular weight is 307 g/mol. The van der Waals surface area contributed by atoms with E-state index in [2.05, 4.69) is 11.0 Å². The Balaban J connectivity index is 1.60. The van der Waals surface area contributed by atoms with Crippen molar-refractivity contribution in [3.05, 3.63) is 34.9 Å². The molecule has 1 heterocycles. The Morgan fingerprint density at radius 2 is 2.10 bits per heavy atom. The third-order valence-electron chi connectivity index (χ3n) is 4.65. The van der Waals surface area contributed by atoms with Crippen LogP contribution in [0.1, 0.15) is 31.2 Å². The summed E-state index contributed by atoms with van der Waals surface area (Å²) in [6, 6.07) is 8.39. The van der Waals surface area contributed by atoms with Crippen molar-refractivity contribution in [2.45, 2.75) is 38.3 Å². The van der Waals surface area contributed by atoms with Crippen LogP contribution in [0.4, 0.5) is 0 Å². The minimum atomic E-state index is 0.314. The van der Waals surface area contributed by atoms with Crippen molar-refractivity contribution >= 4 is 17.5 Å². The Morgan fingerprint density at radius 1 is 1.33 bits per heavy atom. The Kier molecular flexibility index (Phi) is 4.51. The Hall–Kier alpha value is -1.06. The lowest BCUT2D eigenvalue weighted by molar-refractivity contribution is -0.134. The summed E-state index contributed by atoms with van der Waals surface area (Å²) in [6.45, 7) is 2.93. The molecular weight excluding hydrogens is 284 g/mol. The highest BCUT2D eigenvalue weighted by Gasteiger charge is 2.35. The fraction of sp³-hybridized carbons (Fsp3) is 0.588. The lowest BCUT2D eigenvalue weighted by Crippen LogP contribution is -2.48. The molecule has 1 aliphatic heterocycles. The summed E-state index contributed by atoms with van der Waals surface area (Å²) in [6.07, 6.45) is 4.43. The zero-order chi connectivity index (χ0) is 14.8. The first-order valence-electron chi connectivity index (χ1n) is 7.87. The summed E-state index contributed by atoms with van der Waals surface area (Å²) in [5, 5.41) is 0.835. The standard InChI is InChI=1S/C17H23ClN2O/c1-19(17(21)13-8-9-13)15-6-4-10-20(12-15)11-14-5-2-3-7-16(14)18/h2-3,5,7,13,15H,4,6,8-12H2,1H3. The van der Waals surface area contributed by atoms with Crippen LogP contribution in [0.3, 0.4) is 0 Å². The maximum Gasteiger partial charge on any atom is 0.225 e. The number of rotatable bonds is 4. The third-order valence-corrected chi connectivity index (χ3v) is 5.02. The van der Waals surface area contributed by atoms with Gasteiger partial charge in [0.05, 0.1) is 0 Å². The lowest BCUT2D eigenvalue weighted by atomic mass is 10.0. The normalized spacial score (nSPS) is 23.0. The van der Waals surface area contributed by atoms with Gasteiger partial charge in [-0.1, -0.05) is 29.8 Å². The van der Waals surface area contributed by atoms with Crippen LogP contribution in [0.25, 0.3) is 0 Å². The molecule has 0 aromatic heterocycles. The highest BCUT2D eigenvalue weighted by atomic mass is 35.5. The number of halogens is 1. The van der Waals surface area contributed by atoms with Gasteiger partial charge in [-0.3, -0.25) is 9.69 Å². The molecule has 21 heavy (non-hydrogen) atoms. The highest BCUT2D eigenvalue weighted by Crippen LogP contribution is 2.32. The van der Waals surface area contributed by atoms with Gasteiger partial charge >= 0.3 is 0 Å². The van der Waals surface area contributed by atoms with E-state index in [-0.39, 0.29) is 0 Å². The van der Waals surface area contributed by atoms with Gasteiger partial charge in [-0.25, -0.2) is 0 Å². The van der Waals surface area contributed by atoms with Gasteiger partial charge in [0.1, 0.15) is 0 Å². The number of carbonyl (C=O) groups is 1. The number of benzene rings is 1. The zero-order valence-corrected chi connectivity index (χ0v) is 13.4. The van der Waals surface area contributed by atoms with Crippen molar-refractivity contribution in [1.29, 1.82) is 0 Å². The van der Waals surface area contributed by atoms with E-state index in [4.69, 9.17) is 11.6 Å². The van der Waals surface area contributed by atoms with Gasteiger partial charge in [-0.15, -0.1) is 0 Å². The molecule has 1 atom stereocenters. The first-order chi connectivity index (χ1) is 10.1. The number of amides is 1. The minimum absolute atomic E-state index is 0.314. The average Bonchev–Trinajstić information content (AvgIpc) is 3.33. The molecule has 0 bridgehead atoms. The Bertz CT molecular complexity index is 515. The van der Waals surface area contributed by atoms with Gasteiger partial charge in [0.15, 0.2) is 0 Å². The molecule has 1 saturated heterocycles. The predicted octanol–water partition coefficient (Wildman–Crippen LogP) is 3.17. The topological polar surface area (TPSA) is 23.6 Å². The van der Waals surface area contributed by atoms with Crippen molar-refractivity contribution in [1.82, 2.24) is 9.80 Å².